The topological polar surface area (TPSA) is 60.6 Å². The molecule has 0 spiro atoms. The van der Waals surface area contributed by atoms with Gasteiger partial charge in [-0.15, -0.1) is 0 Å². The molecule has 1 N–H and O–H groups in total. The summed E-state index contributed by atoms with van der Waals surface area (Å²) in [4.78, 5) is 4.07. The quantitative estimate of drug-likeness (QED) is 0.610. The molecule has 3 heterocycles. The Bertz CT molecular complexity index is 956. The van der Waals surface area contributed by atoms with E-state index in [0.29, 0.717) is 6.54 Å². The lowest BCUT2D eigenvalue weighted by atomic mass is 10.1. The molecule has 1 aromatic carbocycles. The van der Waals surface area contributed by atoms with Crippen molar-refractivity contribution in [2.45, 2.75) is 6.54 Å². The van der Waals surface area contributed by atoms with Gasteiger partial charge in [-0.25, -0.2) is 4.68 Å². The largest absolute Gasteiger partial charge is 0.364 e. The van der Waals surface area contributed by atoms with Crippen LogP contribution >= 0.6 is 0 Å². The molecular weight excluding hydrogens is 312 g/mol. The molecule has 6 nitrogen and oxygen atoms in total. The second kappa shape index (κ2) is 6.60. The van der Waals surface area contributed by atoms with Crippen LogP contribution in [0.1, 0.15) is 5.56 Å². The average molecular weight is 330 g/mol. The monoisotopic (exact) mass is 330 g/mol. The van der Waals surface area contributed by atoms with Gasteiger partial charge in [-0.3, -0.25) is 9.67 Å². The Morgan fingerprint density at radius 2 is 1.76 bits per heavy atom. The number of para-hydroxylation sites is 1. The fourth-order valence-corrected chi connectivity index (χ4v) is 2.75. The van der Waals surface area contributed by atoms with Crippen molar-refractivity contribution in [1.29, 1.82) is 0 Å². The molecule has 4 rings (SSSR count). The number of hydrogen-bond donors (Lipinski definition) is 1. The number of aromatic nitrogens is 5. The zero-order valence-corrected chi connectivity index (χ0v) is 13.9. The van der Waals surface area contributed by atoms with Gasteiger partial charge in [-0.2, -0.15) is 10.2 Å². The average Bonchev–Trinajstić information content (AvgIpc) is 3.28. The summed E-state index contributed by atoms with van der Waals surface area (Å²) in [5.41, 5.74) is 4.17. The van der Waals surface area contributed by atoms with Crippen LogP contribution in [0.2, 0.25) is 0 Å². The zero-order chi connectivity index (χ0) is 17.1. The van der Waals surface area contributed by atoms with Crippen LogP contribution in [0.5, 0.6) is 0 Å². The van der Waals surface area contributed by atoms with Gasteiger partial charge in [0.05, 0.1) is 11.4 Å². The maximum Gasteiger partial charge on any atom is 0.148 e. The molecule has 0 radical (unpaired) electrons. The predicted octanol–water partition coefficient (Wildman–Crippen LogP) is 3.28. The van der Waals surface area contributed by atoms with Crippen LogP contribution in [0.4, 0.5) is 5.82 Å². The minimum absolute atomic E-state index is 0.650. The molecule has 0 atom stereocenters. The summed E-state index contributed by atoms with van der Waals surface area (Å²) in [5.74, 6) is 0.827. The first-order valence-electron chi connectivity index (χ1n) is 8.07. The van der Waals surface area contributed by atoms with E-state index in [1.807, 2.05) is 77.3 Å². The molecule has 0 bridgehead atoms. The summed E-state index contributed by atoms with van der Waals surface area (Å²) in [6.45, 7) is 0.650. The highest BCUT2D eigenvalue weighted by atomic mass is 15.3. The minimum atomic E-state index is 0.650. The van der Waals surface area contributed by atoms with Crippen LogP contribution in [0.25, 0.3) is 16.9 Å². The summed E-state index contributed by atoms with van der Waals surface area (Å²) in [6.07, 6.45) is 7.53. The van der Waals surface area contributed by atoms with Gasteiger partial charge in [0.25, 0.3) is 0 Å². The summed E-state index contributed by atoms with van der Waals surface area (Å²) in [7, 11) is 1.93. The van der Waals surface area contributed by atoms with E-state index in [4.69, 9.17) is 0 Å². The third-order valence-corrected chi connectivity index (χ3v) is 3.93. The Balaban J connectivity index is 1.52. The van der Waals surface area contributed by atoms with Gasteiger partial charge in [0.1, 0.15) is 5.82 Å². The van der Waals surface area contributed by atoms with Crippen LogP contribution in [0.15, 0.2) is 73.3 Å². The Morgan fingerprint density at radius 1 is 0.960 bits per heavy atom. The summed E-state index contributed by atoms with van der Waals surface area (Å²) < 4.78 is 3.69. The number of benzene rings is 1. The lowest BCUT2D eigenvalue weighted by Crippen LogP contribution is -2.02. The van der Waals surface area contributed by atoms with Crippen LogP contribution in [-0.4, -0.2) is 24.5 Å². The molecule has 0 amide bonds. The van der Waals surface area contributed by atoms with E-state index in [1.165, 1.54) is 0 Å². The number of pyridine rings is 1. The van der Waals surface area contributed by atoms with Crippen molar-refractivity contribution < 1.29 is 0 Å². The SMILES string of the molecule is Cn1cc(CNc2ccn(-c3ccccc3)n2)c(-c2ccncc2)n1. The van der Waals surface area contributed by atoms with Gasteiger partial charge in [-0.1, -0.05) is 18.2 Å². The number of anilines is 1. The first-order chi connectivity index (χ1) is 12.3. The van der Waals surface area contributed by atoms with E-state index < -0.39 is 0 Å². The molecule has 0 saturated heterocycles. The number of nitrogens with zero attached hydrogens (tertiary/aromatic N) is 5. The van der Waals surface area contributed by atoms with Crippen molar-refractivity contribution in [3.63, 3.8) is 0 Å². The van der Waals surface area contributed by atoms with E-state index in [2.05, 4.69) is 20.5 Å². The van der Waals surface area contributed by atoms with Crippen molar-refractivity contribution in [2.75, 3.05) is 5.32 Å². The number of aryl methyl sites for hydroxylation is 1. The van der Waals surface area contributed by atoms with Crippen LogP contribution in [0, 0.1) is 0 Å². The summed E-state index contributed by atoms with van der Waals surface area (Å²) in [6, 6.07) is 16.0. The smallest absolute Gasteiger partial charge is 0.148 e. The highest BCUT2D eigenvalue weighted by Crippen LogP contribution is 2.22. The zero-order valence-electron chi connectivity index (χ0n) is 13.9. The molecule has 0 aliphatic carbocycles. The Hall–Kier alpha value is -3.41. The second-order valence-electron chi connectivity index (χ2n) is 5.75. The van der Waals surface area contributed by atoms with Crippen molar-refractivity contribution in [3.8, 4) is 16.9 Å². The fraction of sp³-hybridized carbons (Fsp3) is 0.105. The van der Waals surface area contributed by atoms with Gasteiger partial charge in [0, 0.05) is 55.6 Å². The van der Waals surface area contributed by atoms with Crippen molar-refractivity contribution in [3.05, 3.63) is 78.9 Å². The van der Waals surface area contributed by atoms with Crippen molar-refractivity contribution in [2.24, 2.45) is 7.05 Å². The van der Waals surface area contributed by atoms with E-state index >= 15 is 0 Å². The number of rotatable bonds is 5. The van der Waals surface area contributed by atoms with Gasteiger partial charge in [0.15, 0.2) is 0 Å². The molecular formula is C19H18N6. The molecule has 6 heteroatoms. The highest BCUT2D eigenvalue weighted by Gasteiger charge is 2.10. The van der Waals surface area contributed by atoms with Gasteiger partial charge in [0.2, 0.25) is 0 Å². The Morgan fingerprint density at radius 3 is 2.56 bits per heavy atom. The van der Waals surface area contributed by atoms with E-state index in [0.717, 1.165) is 28.3 Å². The standard InChI is InChI=1S/C19H18N6/c1-24-14-16(19(23-24)15-7-10-20-11-8-15)13-21-18-9-12-25(22-18)17-5-3-2-4-6-17/h2-12,14H,13H2,1H3,(H,21,22). The fourth-order valence-electron chi connectivity index (χ4n) is 2.75. The van der Waals surface area contributed by atoms with Gasteiger partial charge < -0.3 is 5.32 Å². The van der Waals surface area contributed by atoms with E-state index in [-0.39, 0.29) is 0 Å². The lowest BCUT2D eigenvalue weighted by Gasteiger charge is -2.04. The Labute approximate surface area is 145 Å². The predicted molar refractivity (Wildman–Crippen MR) is 97.3 cm³/mol. The lowest BCUT2D eigenvalue weighted by molar-refractivity contribution is 0.770. The van der Waals surface area contributed by atoms with Gasteiger partial charge >= 0.3 is 0 Å². The molecule has 4 aromatic rings. The van der Waals surface area contributed by atoms with E-state index in [1.54, 1.807) is 12.4 Å². The number of nitrogens with one attached hydrogen (secondary N) is 1. The molecule has 0 aliphatic heterocycles. The molecule has 124 valence electrons. The van der Waals surface area contributed by atoms with E-state index in [9.17, 15) is 0 Å². The van der Waals surface area contributed by atoms with Crippen molar-refractivity contribution >= 4 is 5.82 Å². The molecule has 0 saturated carbocycles. The minimum Gasteiger partial charge on any atom is -0.364 e. The maximum absolute atomic E-state index is 4.57. The Kier molecular flexibility index (Phi) is 4.00. The first kappa shape index (κ1) is 15.1. The summed E-state index contributed by atoms with van der Waals surface area (Å²) in [5, 5.41) is 12.5. The second-order valence-corrected chi connectivity index (χ2v) is 5.75. The molecule has 0 aliphatic rings. The first-order valence-corrected chi connectivity index (χ1v) is 8.07. The maximum atomic E-state index is 4.57. The van der Waals surface area contributed by atoms with Crippen LogP contribution < -0.4 is 5.32 Å². The molecule has 3 aromatic heterocycles. The molecule has 25 heavy (non-hydrogen) atoms. The molecule has 0 unspecified atom stereocenters. The van der Waals surface area contributed by atoms with Crippen LogP contribution in [-0.2, 0) is 13.6 Å². The van der Waals surface area contributed by atoms with Gasteiger partial charge in [-0.05, 0) is 24.3 Å². The number of hydrogen-bond acceptors (Lipinski definition) is 4. The van der Waals surface area contributed by atoms with Crippen molar-refractivity contribution in [1.82, 2.24) is 24.5 Å². The highest BCUT2D eigenvalue weighted by molar-refractivity contribution is 5.62. The summed E-state index contributed by atoms with van der Waals surface area (Å²) >= 11 is 0. The third-order valence-electron chi connectivity index (χ3n) is 3.93. The molecule has 0 fully saturated rings. The van der Waals surface area contributed by atoms with Crippen LogP contribution in [0.3, 0.4) is 0 Å². The third kappa shape index (κ3) is 3.28. The normalized spacial score (nSPS) is 10.8.